The molecule has 0 aromatic heterocycles. The van der Waals surface area contributed by atoms with E-state index in [1.165, 1.54) is 6.07 Å². The monoisotopic (exact) mass is 245 g/mol. The lowest BCUT2D eigenvalue weighted by Gasteiger charge is -2.06. The Hall–Kier alpha value is -0.520. The molecule has 0 saturated carbocycles. The number of unbranched alkanes of at least 4 members (excludes halogenated alkanes) is 1. The van der Waals surface area contributed by atoms with Crippen LogP contribution in [0.1, 0.15) is 19.8 Å². The van der Waals surface area contributed by atoms with Gasteiger partial charge in [-0.15, -0.1) is 12.6 Å². The predicted octanol–water partition coefficient (Wildman–Crippen LogP) is 2.05. The van der Waals surface area contributed by atoms with E-state index in [4.69, 9.17) is 0 Å². The van der Waals surface area contributed by atoms with Gasteiger partial charge in [0, 0.05) is 11.4 Å². The highest BCUT2D eigenvalue weighted by Crippen LogP contribution is 2.13. The van der Waals surface area contributed by atoms with Gasteiger partial charge in [-0.2, -0.15) is 0 Å². The summed E-state index contributed by atoms with van der Waals surface area (Å²) in [5, 5.41) is 0. The molecule has 0 atom stereocenters. The summed E-state index contributed by atoms with van der Waals surface area (Å²) in [6.45, 7) is 2.50. The molecule has 1 N–H and O–H groups in total. The van der Waals surface area contributed by atoms with Crippen LogP contribution in [0, 0.1) is 0 Å². The summed E-state index contributed by atoms with van der Waals surface area (Å²) in [5.41, 5.74) is 0. The van der Waals surface area contributed by atoms with E-state index in [1.54, 1.807) is 18.2 Å². The second-order valence-corrected chi connectivity index (χ2v) is 5.53. The minimum atomic E-state index is -3.35. The highest BCUT2D eigenvalue weighted by Gasteiger charge is 2.12. The van der Waals surface area contributed by atoms with Crippen LogP contribution >= 0.6 is 12.6 Å². The summed E-state index contributed by atoms with van der Waals surface area (Å²) in [6.07, 6.45) is 1.81. The summed E-state index contributed by atoms with van der Waals surface area (Å²) in [7, 11) is -3.35. The fourth-order valence-electron chi connectivity index (χ4n) is 1.12. The van der Waals surface area contributed by atoms with E-state index in [1.807, 2.05) is 6.92 Å². The fourth-order valence-corrected chi connectivity index (χ4v) is 2.55. The van der Waals surface area contributed by atoms with Gasteiger partial charge in [0.2, 0.25) is 10.0 Å². The predicted molar refractivity (Wildman–Crippen MR) is 63.8 cm³/mol. The molecule has 1 rings (SSSR count). The molecule has 1 aromatic carbocycles. The number of sulfonamides is 1. The van der Waals surface area contributed by atoms with Crippen molar-refractivity contribution in [2.24, 2.45) is 0 Å². The van der Waals surface area contributed by atoms with Gasteiger partial charge in [-0.1, -0.05) is 19.4 Å². The zero-order valence-electron chi connectivity index (χ0n) is 8.60. The number of rotatable bonds is 5. The molecular formula is C10H15NO2S2. The average molecular weight is 245 g/mol. The second kappa shape index (κ2) is 5.53. The van der Waals surface area contributed by atoms with Gasteiger partial charge in [0.15, 0.2) is 0 Å². The van der Waals surface area contributed by atoms with Crippen LogP contribution in [0.2, 0.25) is 0 Å². The smallest absolute Gasteiger partial charge is 0.211 e. The highest BCUT2D eigenvalue weighted by molar-refractivity contribution is 7.89. The number of benzene rings is 1. The third-order valence-electron chi connectivity index (χ3n) is 1.95. The van der Waals surface area contributed by atoms with Crippen molar-refractivity contribution >= 4 is 22.7 Å². The van der Waals surface area contributed by atoms with E-state index < -0.39 is 10.0 Å². The molecule has 0 saturated heterocycles. The Morgan fingerprint density at radius 2 is 2.13 bits per heavy atom. The van der Waals surface area contributed by atoms with Crippen molar-refractivity contribution in [1.82, 2.24) is 4.72 Å². The van der Waals surface area contributed by atoms with Crippen molar-refractivity contribution < 1.29 is 8.42 Å². The zero-order chi connectivity index (χ0) is 11.3. The summed E-state index contributed by atoms with van der Waals surface area (Å²) < 4.78 is 26.0. The molecule has 0 amide bonds. The summed E-state index contributed by atoms with van der Waals surface area (Å²) in [6, 6.07) is 6.52. The van der Waals surface area contributed by atoms with Crippen molar-refractivity contribution in [2.75, 3.05) is 6.54 Å². The zero-order valence-corrected chi connectivity index (χ0v) is 10.3. The van der Waals surface area contributed by atoms with Gasteiger partial charge in [-0.25, -0.2) is 13.1 Å². The van der Waals surface area contributed by atoms with E-state index in [-0.39, 0.29) is 4.90 Å². The molecule has 3 nitrogen and oxygen atoms in total. The Morgan fingerprint density at radius 3 is 2.73 bits per heavy atom. The second-order valence-electron chi connectivity index (χ2n) is 3.25. The summed E-state index contributed by atoms with van der Waals surface area (Å²) >= 11 is 4.10. The van der Waals surface area contributed by atoms with Crippen LogP contribution in [0.15, 0.2) is 34.1 Å². The van der Waals surface area contributed by atoms with E-state index >= 15 is 0 Å². The molecular weight excluding hydrogens is 230 g/mol. The van der Waals surface area contributed by atoms with Crippen molar-refractivity contribution in [1.29, 1.82) is 0 Å². The SMILES string of the molecule is CCCCNS(=O)(=O)c1cccc(S)c1. The Labute approximate surface area is 96.4 Å². The molecule has 84 valence electrons. The van der Waals surface area contributed by atoms with Crippen molar-refractivity contribution in [3.63, 3.8) is 0 Å². The molecule has 0 aliphatic carbocycles. The molecule has 0 spiro atoms. The summed E-state index contributed by atoms with van der Waals surface area (Å²) in [4.78, 5) is 0.916. The molecule has 0 unspecified atom stereocenters. The van der Waals surface area contributed by atoms with Gasteiger partial charge in [-0.3, -0.25) is 0 Å². The van der Waals surface area contributed by atoms with Gasteiger partial charge in [0.05, 0.1) is 4.90 Å². The Kier molecular flexibility index (Phi) is 4.63. The standard InChI is InChI=1S/C10H15NO2S2/c1-2-3-7-11-15(12,13)10-6-4-5-9(14)8-10/h4-6,8,11,14H,2-3,7H2,1H3. The Morgan fingerprint density at radius 1 is 1.40 bits per heavy atom. The lowest BCUT2D eigenvalue weighted by atomic mass is 10.3. The molecule has 0 heterocycles. The van der Waals surface area contributed by atoms with Crippen LogP contribution in [-0.2, 0) is 10.0 Å². The van der Waals surface area contributed by atoms with Crippen molar-refractivity contribution in [3.05, 3.63) is 24.3 Å². The molecule has 1 aromatic rings. The fraction of sp³-hybridized carbons (Fsp3) is 0.400. The third-order valence-corrected chi connectivity index (χ3v) is 3.69. The number of hydrogen-bond donors (Lipinski definition) is 2. The number of nitrogens with one attached hydrogen (secondary N) is 1. The van der Waals surface area contributed by atoms with Gasteiger partial charge in [-0.05, 0) is 24.6 Å². The maximum atomic E-state index is 11.7. The van der Waals surface area contributed by atoms with Gasteiger partial charge in [0.1, 0.15) is 0 Å². The number of hydrogen-bond acceptors (Lipinski definition) is 3. The van der Waals surface area contributed by atoms with Crippen LogP contribution in [0.4, 0.5) is 0 Å². The van der Waals surface area contributed by atoms with Crippen LogP contribution in [0.25, 0.3) is 0 Å². The van der Waals surface area contributed by atoms with Gasteiger partial charge >= 0.3 is 0 Å². The minimum absolute atomic E-state index is 0.270. The normalized spacial score (nSPS) is 11.6. The molecule has 15 heavy (non-hydrogen) atoms. The van der Waals surface area contributed by atoms with Crippen LogP contribution in [-0.4, -0.2) is 15.0 Å². The van der Waals surface area contributed by atoms with E-state index in [2.05, 4.69) is 17.4 Å². The lowest BCUT2D eigenvalue weighted by molar-refractivity contribution is 0.578. The Bertz CT molecular complexity index is 415. The van der Waals surface area contributed by atoms with Crippen LogP contribution < -0.4 is 4.72 Å². The first-order valence-corrected chi connectivity index (χ1v) is 6.78. The first-order chi connectivity index (χ1) is 7.06. The molecule has 0 fully saturated rings. The molecule has 0 aliphatic heterocycles. The third kappa shape index (κ3) is 3.85. The van der Waals surface area contributed by atoms with E-state index in [0.717, 1.165) is 12.8 Å². The number of thiol groups is 1. The topological polar surface area (TPSA) is 46.2 Å². The Balaban J connectivity index is 2.77. The maximum Gasteiger partial charge on any atom is 0.240 e. The van der Waals surface area contributed by atoms with E-state index in [9.17, 15) is 8.42 Å². The summed E-state index contributed by atoms with van der Waals surface area (Å²) in [5.74, 6) is 0. The van der Waals surface area contributed by atoms with Crippen molar-refractivity contribution in [2.45, 2.75) is 29.6 Å². The maximum absolute atomic E-state index is 11.7. The van der Waals surface area contributed by atoms with Crippen LogP contribution in [0.3, 0.4) is 0 Å². The highest BCUT2D eigenvalue weighted by atomic mass is 32.2. The van der Waals surface area contributed by atoms with Gasteiger partial charge in [0.25, 0.3) is 0 Å². The molecule has 0 radical (unpaired) electrons. The lowest BCUT2D eigenvalue weighted by Crippen LogP contribution is -2.24. The molecule has 5 heteroatoms. The van der Waals surface area contributed by atoms with Gasteiger partial charge < -0.3 is 0 Å². The van der Waals surface area contributed by atoms with Crippen LogP contribution in [0.5, 0.6) is 0 Å². The first-order valence-electron chi connectivity index (χ1n) is 4.85. The van der Waals surface area contributed by atoms with E-state index in [0.29, 0.717) is 11.4 Å². The largest absolute Gasteiger partial charge is 0.240 e. The van der Waals surface area contributed by atoms with Crippen molar-refractivity contribution in [3.8, 4) is 0 Å². The molecule has 0 bridgehead atoms. The average Bonchev–Trinajstić information content (AvgIpc) is 2.18. The quantitative estimate of drug-likeness (QED) is 0.616. The molecule has 0 aliphatic rings. The minimum Gasteiger partial charge on any atom is -0.211 e. The first kappa shape index (κ1) is 12.5.